The first kappa shape index (κ1) is 17.8. The van der Waals surface area contributed by atoms with Crippen LogP contribution in [0.2, 0.25) is 5.02 Å². The minimum absolute atomic E-state index is 0.00902. The van der Waals surface area contributed by atoms with Crippen molar-refractivity contribution in [2.45, 2.75) is 32.2 Å². The van der Waals surface area contributed by atoms with E-state index in [9.17, 15) is 9.59 Å². The Hall–Kier alpha value is -2.05. The lowest BCUT2D eigenvalue weighted by Crippen LogP contribution is -2.38. The fraction of sp³-hybridized carbons (Fsp3) is 0.444. The van der Waals surface area contributed by atoms with Gasteiger partial charge in [0.2, 0.25) is 0 Å². The molecule has 0 aromatic heterocycles. The summed E-state index contributed by atoms with van der Waals surface area (Å²) in [6.07, 6.45) is 4.72. The van der Waals surface area contributed by atoms with E-state index in [2.05, 4.69) is 17.1 Å². The van der Waals surface area contributed by atoms with Crippen LogP contribution in [0.15, 0.2) is 30.0 Å². The van der Waals surface area contributed by atoms with Gasteiger partial charge >= 0.3 is 0 Å². The number of nitrogens with zero attached hydrogens (tertiary/aromatic N) is 2. The van der Waals surface area contributed by atoms with Crippen molar-refractivity contribution in [3.63, 3.8) is 0 Å². The fourth-order valence-electron chi connectivity index (χ4n) is 3.37. The predicted molar refractivity (Wildman–Crippen MR) is 97.6 cm³/mol. The molecule has 0 saturated carbocycles. The molecule has 1 aromatic rings. The highest BCUT2D eigenvalue weighted by Gasteiger charge is 2.31. The molecule has 2 heterocycles. The zero-order valence-electron chi connectivity index (χ0n) is 14.2. The van der Waals surface area contributed by atoms with Crippen LogP contribution in [0.5, 0.6) is 0 Å². The second kappa shape index (κ2) is 7.45. The molecule has 2 N–H and O–H groups in total. The van der Waals surface area contributed by atoms with Gasteiger partial charge in [0.1, 0.15) is 5.70 Å². The molecule has 1 atom stereocenters. The molecule has 3 rings (SSSR count). The van der Waals surface area contributed by atoms with Crippen LogP contribution in [-0.4, -0.2) is 47.6 Å². The Bertz CT molecular complexity index is 720. The van der Waals surface area contributed by atoms with Crippen LogP contribution in [0.3, 0.4) is 0 Å². The Morgan fingerprint density at radius 1 is 1.32 bits per heavy atom. The molecule has 2 amide bonds. The lowest BCUT2D eigenvalue weighted by Gasteiger charge is -2.36. The van der Waals surface area contributed by atoms with E-state index in [4.69, 9.17) is 16.7 Å². The van der Waals surface area contributed by atoms with Crippen molar-refractivity contribution in [3.8, 4) is 0 Å². The smallest absolute Gasteiger partial charge is 0.277 e. The van der Waals surface area contributed by atoms with Crippen LogP contribution < -0.4 is 10.2 Å². The van der Waals surface area contributed by atoms with Crippen LogP contribution in [0.1, 0.15) is 26.2 Å². The summed E-state index contributed by atoms with van der Waals surface area (Å²) in [7, 11) is 0. The predicted octanol–water partition coefficient (Wildman–Crippen LogP) is 2.38. The largest absolute Gasteiger partial charge is 0.395 e. The monoisotopic (exact) mass is 363 g/mol. The highest BCUT2D eigenvalue weighted by molar-refractivity contribution is 6.31. The van der Waals surface area contributed by atoms with E-state index in [1.165, 1.54) is 12.5 Å². The first-order chi connectivity index (χ1) is 12.0. The number of hydrogen-bond donors (Lipinski definition) is 2. The van der Waals surface area contributed by atoms with Gasteiger partial charge in [-0.15, -0.1) is 0 Å². The number of piperidine rings is 1. The summed E-state index contributed by atoms with van der Waals surface area (Å²) < 4.78 is 0. The first-order valence-corrected chi connectivity index (χ1v) is 8.90. The van der Waals surface area contributed by atoms with E-state index < -0.39 is 11.8 Å². The average Bonchev–Trinajstić information content (AvgIpc) is 2.84. The Balaban J connectivity index is 1.87. The molecular weight excluding hydrogens is 342 g/mol. The van der Waals surface area contributed by atoms with Crippen LogP contribution in [0.25, 0.3) is 0 Å². The number of hydrogen-bond acceptors (Lipinski definition) is 5. The number of carbonyl (C=O) groups excluding carboxylic acids is 2. The van der Waals surface area contributed by atoms with Gasteiger partial charge in [-0.1, -0.05) is 11.6 Å². The molecule has 1 aromatic carbocycles. The molecule has 25 heavy (non-hydrogen) atoms. The van der Waals surface area contributed by atoms with Gasteiger partial charge in [0.25, 0.3) is 11.8 Å². The summed E-state index contributed by atoms with van der Waals surface area (Å²) in [6.45, 7) is 2.86. The highest BCUT2D eigenvalue weighted by atomic mass is 35.5. The molecule has 0 aliphatic carbocycles. The van der Waals surface area contributed by atoms with Gasteiger partial charge in [-0.2, -0.15) is 0 Å². The Labute approximate surface area is 152 Å². The Kier molecular flexibility index (Phi) is 5.30. The summed E-state index contributed by atoms with van der Waals surface area (Å²) >= 11 is 6.15. The highest BCUT2D eigenvalue weighted by Crippen LogP contribution is 2.34. The maximum atomic E-state index is 12.4. The lowest BCUT2D eigenvalue weighted by molar-refractivity contribution is -0.137. The molecule has 1 saturated heterocycles. The fourth-order valence-corrected chi connectivity index (χ4v) is 3.54. The summed E-state index contributed by atoms with van der Waals surface area (Å²) in [6, 6.07) is 5.94. The number of imide groups is 1. The first-order valence-electron chi connectivity index (χ1n) is 8.53. The van der Waals surface area contributed by atoms with E-state index in [0.29, 0.717) is 16.8 Å². The molecule has 134 valence electrons. The standard InChI is InChI=1S/C18H22ClN3O3/c1-12-4-2-3-7-21(12)16-6-5-13(19)10-14(16)20-15-11-17(24)22(8-9-23)18(15)25/h5-6,10-12,20,23H,2-4,7-9H2,1H3. The maximum Gasteiger partial charge on any atom is 0.277 e. The van der Waals surface area contributed by atoms with Crippen molar-refractivity contribution in [1.29, 1.82) is 0 Å². The molecule has 7 heteroatoms. The van der Waals surface area contributed by atoms with Gasteiger partial charge in [0.15, 0.2) is 0 Å². The number of aliphatic hydroxyl groups is 1. The van der Waals surface area contributed by atoms with Gasteiger partial charge in [0, 0.05) is 23.7 Å². The lowest BCUT2D eigenvalue weighted by atomic mass is 10.0. The molecule has 0 bridgehead atoms. The van der Waals surface area contributed by atoms with Crippen molar-refractivity contribution in [2.75, 3.05) is 29.9 Å². The minimum atomic E-state index is -0.434. The number of β-amino-alcohol motifs (C(OH)–C–C–N with tert-alkyl or cyclic N) is 1. The number of carbonyl (C=O) groups is 2. The Morgan fingerprint density at radius 2 is 2.12 bits per heavy atom. The van der Waals surface area contributed by atoms with Gasteiger partial charge in [-0.25, -0.2) is 0 Å². The second-order valence-corrected chi connectivity index (χ2v) is 6.84. The summed E-state index contributed by atoms with van der Waals surface area (Å²) in [5.74, 6) is -0.854. The van der Waals surface area contributed by atoms with Gasteiger partial charge in [0.05, 0.1) is 24.5 Å². The van der Waals surface area contributed by atoms with Crippen LogP contribution >= 0.6 is 11.6 Å². The topological polar surface area (TPSA) is 72.9 Å². The zero-order chi connectivity index (χ0) is 18.0. The van der Waals surface area contributed by atoms with Crippen LogP contribution in [0, 0.1) is 0 Å². The number of halogens is 1. The second-order valence-electron chi connectivity index (χ2n) is 6.40. The summed E-state index contributed by atoms with van der Waals surface area (Å²) in [5.41, 5.74) is 1.88. The molecular formula is C18H22ClN3O3. The quantitative estimate of drug-likeness (QED) is 0.786. The van der Waals surface area contributed by atoms with Crippen molar-refractivity contribution in [1.82, 2.24) is 4.90 Å². The average molecular weight is 364 g/mol. The molecule has 1 unspecified atom stereocenters. The van der Waals surface area contributed by atoms with Gasteiger partial charge in [-0.3, -0.25) is 14.5 Å². The maximum absolute atomic E-state index is 12.4. The van der Waals surface area contributed by atoms with Crippen LogP contribution in [-0.2, 0) is 9.59 Å². The number of nitrogens with one attached hydrogen (secondary N) is 1. The summed E-state index contributed by atoms with van der Waals surface area (Å²) in [4.78, 5) is 27.6. The van der Waals surface area contributed by atoms with Gasteiger partial charge < -0.3 is 15.3 Å². The van der Waals surface area contributed by atoms with E-state index in [1.54, 1.807) is 6.07 Å². The number of benzene rings is 1. The van der Waals surface area contributed by atoms with Gasteiger partial charge in [-0.05, 0) is 44.4 Å². The molecule has 2 aliphatic rings. The van der Waals surface area contributed by atoms with Crippen LogP contribution in [0.4, 0.5) is 11.4 Å². The third kappa shape index (κ3) is 3.65. The van der Waals surface area contributed by atoms with E-state index in [0.717, 1.165) is 30.0 Å². The van der Waals surface area contributed by atoms with E-state index in [1.807, 2.05) is 12.1 Å². The summed E-state index contributed by atoms with van der Waals surface area (Å²) in [5, 5.41) is 12.6. The van der Waals surface area contributed by atoms with Crippen molar-refractivity contribution >= 4 is 34.8 Å². The van der Waals surface area contributed by atoms with E-state index in [-0.39, 0.29) is 18.8 Å². The number of aliphatic hydroxyl groups excluding tert-OH is 1. The SMILES string of the molecule is CC1CCCCN1c1ccc(Cl)cc1NC1=CC(=O)N(CCO)C1=O. The van der Waals surface area contributed by atoms with E-state index >= 15 is 0 Å². The number of rotatable bonds is 5. The van der Waals surface area contributed by atoms with Crippen molar-refractivity contribution in [2.24, 2.45) is 0 Å². The molecule has 1 fully saturated rings. The third-order valence-electron chi connectivity index (χ3n) is 4.67. The Morgan fingerprint density at radius 3 is 2.84 bits per heavy atom. The molecule has 0 radical (unpaired) electrons. The van der Waals surface area contributed by atoms with Crippen molar-refractivity contribution in [3.05, 3.63) is 35.0 Å². The molecule has 6 nitrogen and oxygen atoms in total. The number of amides is 2. The number of anilines is 2. The third-order valence-corrected chi connectivity index (χ3v) is 4.91. The molecule has 0 spiro atoms. The van der Waals surface area contributed by atoms with Crippen molar-refractivity contribution < 1.29 is 14.7 Å². The minimum Gasteiger partial charge on any atom is -0.395 e. The molecule has 2 aliphatic heterocycles. The normalized spacial score (nSPS) is 20.9. The zero-order valence-corrected chi connectivity index (χ0v) is 14.9.